The van der Waals surface area contributed by atoms with Crippen LogP contribution in [0.25, 0.3) is 0 Å². The van der Waals surface area contributed by atoms with Crippen LogP contribution in [-0.2, 0) is 12.8 Å². The largest absolute Gasteiger partial charge is 0.862 e. The molecule has 0 saturated heterocycles. The van der Waals surface area contributed by atoms with Crippen molar-refractivity contribution in [3.8, 4) is 0 Å². The number of aromatic amines is 1. The van der Waals surface area contributed by atoms with Crippen LogP contribution < -0.4 is 5.11 Å². The molecule has 1 aromatic carbocycles. The Morgan fingerprint density at radius 3 is 2.64 bits per heavy atom. The van der Waals surface area contributed by atoms with Gasteiger partial charge in [-0.25, -0.2) is 0 Å². The van der Waals surface area contributed by atoms with Crippen molar-refractivity contribution in [2.45, 2.75) is 32.6 Å². The number of nitrogens with one attached hydrogen (secondary N) is 1. The second-order valence-electron chi connectivity index (χ2n) is 5.38. The van der Waals surface area contributed by atoms with Crippen molar-refractivity contribution < 1.29 is 9.90 Å². The standard InChI is InChI=1S/C16H17N3O2S/c1-10(20)17-12-8-6-11(7-9-12)15(21)19-14-5-3-2-4-13(14)18-16(19)22/h6-9H,2-5H2,1H3,(H,17,20)(H,18,22)/p-1. The number of fused-ring (bicyclic) bond motifs is 1. The van der Waals surface area contributed by atoms with Crippen LogP contribution >= 0.6 is 12.2 Å². The molecule has 2 aromatic rings. The van der Waals surface area contributed by atoms with E-state index in [4.69, 9.17) is 12.2 Å². The Kier molecular flexibility index (Phi) is 3.94. The summed E-state index contributed by atoms with van der Waals surface area (Å²) in [6, 6.07) is 6.68. The number of rotatable bonds is 2. The summed E-state index contributed by atoms with van der Waals surface area (Å²) in [5, 5.41) is 11.0. The van der Waals surface area contributed by atoms with Crippen molar-refractivity contribution >= 4 is 29.7 Å². The third-order valence-corrected chi connectivity index (χ3v) is 4.06. The maximum Gasteiger partial charge on any atom is 0.264 e. The molecule has 0 aliphatic heterocycles. The van der Waals surface area contributed by atoms with E-state index >= 15 is 0 Å². The van der Waals surface area contributed by atoms with Crippen molar-refractivity contribution in [1.29, 1.82) is 0 Å². The van der Waals surface area contributed by atoms with E-state index in [-0.39, 0.29) is 11.8 Å². The molecular weight excluding hydrogens is 298 g/mol. The lowest BCUT2D eigenvalue weighted by molar-refractivity contribution is -0.215. The maximum atomic E-state index is 12.7. The lowest BCUT2D eigenvalue weighted by atomic mass is 10.0. The Morgan fingerprint density at radius 1 is 1.27 bits per heavy atom. The summed E-state index contributed by atoms with van der Waals surface area (Å²) >= 11 is 5.30. The lowest BCUT2D eigenvalue weighted by Gasteiger charge is -2.13. The van der Waals surface area contributed by atoms with Gasteiger partial charge in [0.1, 0.15) is 0 Å². The quantitative estimate of drug-likeness (QED) is 0.526. The van der Waals surface area contributed by atoms with Crippen molar-refractivity contribution in [2.75, 3.05) is 0 Å². The van der Waals surface area contributed by atoms with Gasteiger partial charge in [0, 0.05) is 17.0 Å². The Hall–Kier alpha value is -2.21. The molecule has 1 N–H and O–H groups in total. The Bertz CT molecular complexity index is 796. The van der Waals surface area contributed by atoms with Gasteiger partial charge in [-0.3, -0.25) is 14.4 Å². The number of hydrogen-bond acceptors (Lipinski definition) is 4. The molecule has 0 amide bonds. The Balaban J connectivity index is 1.96. The molecule has 22 heavy (non-hydrogen) atoms. The van der Waals surface area contributed by atoms with Gasteiger partial charge in [-0.1, -0.05) is 0 Å². The number of carbonyl (C=O) groups excluding carboxylic acids is 1. The molecule has 0 bridgehead atoms. The second kappa shape index (κ2) is 5.88. The van der Waals surface area contributed by atoms with Crippen LogP contribution in [0.4, 0.5) is 5.69 Å². The number of aromatic nitrogens is 2. The van der Waals surface area contributed by atoms with Gasteiger partial charge < -0.3 is 10.1 Å². The van der Waals surface area contributed by atoms with Crippen LogP contribution in [0.5, 0.6) is 0 Å². The molecule has 0 spiro atoms. The highest BCUT2D eigenvalue weighted by molar-refractivity contribution is 7.71. The Morgan fingerprint density at radius 2 is 1.95 bits per heavy atom. The highest BCUT2D eigenvalue weighted by Crippen LogP contribution is 2.22. The van der Waals surface area contributed by atoms with Gasteiger partial charge in [0.2, 0.25) is 0 Å². The zero-order valence-corrected chi connectivity index (χ0v) is 13.1. The number of aliphatic imine (C=N–C) groups is 1. The molecule has 0 saturated carbocycles. The van der Waals surface area contributed by atoms with Gasteiger partial charge in [-0.05, 0) is 75.0 Å². The number of hydrogen-bond donors (Lipinski definition) is 1. The highest BCUT2D eigenvalue weighted by atomic mass is 32.1. The van der Waals surface area contributed by atoms with E-state index in [1.165, 1.54) is 6.92 Å². The molecule has 6 heteroatoms. The second-order valence-corrected chi connectivity index (χ2v) is 5.77. The average molecular weight is 314 g/mol. The van der Waals surface area contributed by atoms with Gasteiger partial charge >= 0.3 is 0 Å². The normalized spacial score (nSPS) is 14.7. The summed E-state index contributed by atoms with van der Waals surface area (Å²) in [6.07, 6.45) is 4.00. The predicted molar refractivity (Wildman–Crippen MR) is 85.2 cm³/mol. The first kappa shape index (κ1) is 14.7. The zero-order valence-electron chi connectivity index (χ0n) is 12.3. The molecule has 0 unspecified atom stereocenters. The Labute approximate surface area is 133 Å². The fraction of sp³-hybridized carbons (Fsp3) is 0.312. The molecule has 3 rings (SSSR count). The first-order valence-electron chi connectivity index (χ1n) is 7.26. The van der Waals surface area contributed by atoms with Crippen LogP contribution in [0.2, 0.25) is 0 Å². The minimum Gasteiger partial charge on any atom is -0.862 e. The van der Waals surface area contributed by atoms with Crippen molar-refractivity contribution in [1.82, 2.24) is 9.55 Å². The molecular formula is C16H16N3O2S-. The minimum atomic E-state index is -0.263. The van der Waals surface area contributed by atoms with Crippen LogP contribution in [0.1, 0.15) is 41.5 Å². The smallest absolute Gasteiger partial charge is 0.264 e. The number of imidazole rings is 1. The minimum absolute atomic E-state index is 0.140. The van der Waals surface area contributed by atoms with Crippen LogP contribution in [-0.4, -0.2) is 21.4 Å². The number of carbonyl (C=O) groups is 1. The van der Waals surface area contributed by atoms with Crippen molar-refractivity contribution in [2.24, 2.45) is 4.99 Å². The molecule has 1 aromatic heterocycles. The maximum absolute atomic E-state index is 12.7. The third-order valence-electron chi connectivity index (χ3n) is 3.77. The number of H-pyrrole nitrogens is 1. The van der Waals surface area contributed by atoms with Gasteiger partial charge in [-0.15, -0.1) is 0 Å². The van der Waals surface area contributed by atoms with E-state index in [0.29, 0.717) is 16.0 Å². The van der Waals surface area contributed by atoms with E-state index in [1.807, 2.05) is 0 Å². The van der Waals surface area contributed by atoms with Crippen molar-refractivity contribution in [3.63, 3.8) is 0 Å². The van der Waals surface area contributed by atoms with Crippen LogP contribution in [0, 0.1) is 4.77 Å². The van der Waals surface area contributed by atoms with Crippen LogP contribution in [0.15, 0.2) is 29.3 Å². The lowest BCUT2D eigenvalue weighted by Crippen LogP contribution is -2.17. The third kappa shape index (κ3) is 2.74. The molecule has 1 heterocycles. The number of nitrogens with zero attached hydrogens (tertiary/aromatic N) is 2. The summed E-state index contributed by atoms with van der Waals surface area (Å²) in [5.74, 6) is -0.403. The molecule has 0 fully saturated rings. The molecule has 1 aliphatic carbocycles. The molecule has 0 radical (unpaired) electrons. The number of aryl methyl sites for hydroxylation is 1. The van der Waals surface area contributed by atoms with E-state index in [0.717, 1.165) is 37.1 Å². The van der Waals surface area contributed by atoms with Gasteiger partial charge in [0.05, 0.1) is 5.69 Å². The van der Waals surface area contributed by atoms with Gasteiger partial charge in [-0.2, -0.15) is 0 Å². The van der Waals surface area contributed by atoms with Crippen molar-refractivity contribution in [3.05, 3.63) is 46.0 Å². The topological polar surface area (TPSA) is 73.2 Å². The average Bonchev–Trinajstić information content (AvgIpc) is 2.82. The predicted octanol–water partition coefficient (Wildman–Crippen LogP) is 2.52. The van der Waals surface area contributed by atoms with Gasteiger partial charge in [0.15, 0.2) is 4.77 Å². The highest BCUT2D eigenvalue weighted by Gasteiger charge is 2.20. The summed E-state index contributed by atoms with van der Waals surface area (Å²) in [7, 11) is 0. The summed E-state index contributed by atoms with van der Waals surface area (Å²) < 4.78 is 2.05. The van der Waals surface area contributed by atoms with E-state index in [1.54, 1.807) is 28.8 Å². The molecule has 1 aliphatic rings. The fourth-order valence-corrected chi connectivity index (χ4v) is 3.10. The van der Waals surface area contributed by atoms with Gasteiger partial charge in [0.25, 0.3) is 5.91 Å². The van der Waals surface area contributed by atoms with E-state index < -0.39 is 0 Å². The van der Waals surface area contributed by atoms with Crippen LogP contribution in [0.3, 0.4) is 0 Å². The first-order valence-corrected chi connectivity index (χ1v) is 7.67. The summed E-state index contributed by atoms with van der Waals surface area (Å²) in [5.41, 5.74) is 3.15. The monoisotopic (exact) mass is 314 g/mol. The zero-order chi connectivity index (χ0) is 15.7. The fourth-order valence-electron chi connectivity index (χ4n) is 2.78. The molecule has 114 valence electrons. The number of benzene rings is 1. The molecule has 5 nitrogen and oxygen atoms in total. The van der Waals surface area contributed by atoms with E-state index in [2.05, 4.69) is 9.98 Å². The first-order chi connectivity index (χ1) is 10.6. The van der Waals surface area contributed by atoms with E-state index in [9.17, 15) is 9.90 Å². The molecule has 0 atom stereocenters. The summed E-state index contributed by atoms with van der Waals surface area (Å²) in [6.45, 7) is 1.39. The SMILES string of the molecule is CC([O-])=Nc1ccc(C(=O)n2c3c([nH]c2=S)CCCC3)cc1. The summed E-state index contributed by atoms with van der Waals surface area (Å²) in [4.78, 5) is 19.7.